The monoisotopic (exact) mass is 267 g/mol. The van der Waals surface area contributed by atoms with E-state index < -0.39 is 0 Å². The van der Waals surface area contributed by atoms with Crippen LogP contribution < -0.4 is 11.1 Å². The third-order valence-corrected chi connectivity index (χ3v) is 3.33. The first-order valence-electron chi connectivity index (χ1n) is 6.32. The number of halogens is 1. The number of benzene rings is 2. The molecule has 0 fully saturated rings. The highest BCUT2D eigenvalue weighted by molar-refractivity contribution is 5.98. The van der Waals surface area contributed by atoms with E-state index in [2.05, 4.69) is 10.3 Å². The average Bonchev–Trinajstić information content (AvgIpc) is 2.46. The number of pyridine rings is 1. The molecule has 0 radical (unpaired) electrons. The Bertz CT molecular complexity index is 784. The zero-order valence-corrected chi connectivity index (χ0v) is 11.0. The smallest absolute Gasteiger partial charge is 0.128 e. The van der Waals surface area contributed by atoms with Gasteiger partial charge in [-0.25, -0.2) is 4.39 Å². The largest absolute Gasteiger partial charge is 0.396 e. The van der Waals surface area contributed by atoms with Gasteiger partial charge in [-0.1, -0.05) is 24.3 Å². The van der Waals surface area contributed by atoms with Crippen LogP contribution in [-0.2, 0) is 0 Å². The molecule has 0 aliphatic carbocycles. The molecule has 3 aromatic rings. The van der Waals surface area contributed by atoms with Crippen molar-refractivity contribution in [3.8, 4) is 0 Å². The fourth-order valence-corrected chi connectivity index (χ4v) is 2.17. The normalized spacial score (nSPS) is 10.7. The molecule has 0 aliphatic heterocycles. The summed E-state index contributed by atoms with van der Waals surface area (Å²) in [7, 11) is 0. The van der Waals surface area contributed by atoms with E-state index in [4.69, 9.17) is 5.73 Å². The second kappa shape index (κ2) is 4.81. The maximum atomic E-state index is 13.6. The van der Waals surface area contributed by atoms with Crippen molar-refractivity contribution in [1.82, 2.24) is 4.98 Å². The minimum Gasteiger partial charge on any atom is -0.396 e. The minimum atomic E-state index is -0.244. The predicted molar refractivity (Wildman–Crippen MR) is 80.6 cm³/mol. The minimum absolute atomic E-state index is 0.244. The van der Waals surface area contributed by atoms with Crippen LogP contribution in [0.2, 0.25) is 0 Å². The molecule has 20 heavy (non-hydrogen) atoms. The fourth-order valence-electron chi connectivity index (χ4n) is 2.17. The van der Waals surface area contributed by atoms with Crippen LogP contribution in [0, 0.1) is 12.7 Å². The van der Waals surface area contributed by atoms with Crippen molar-refractivity contribution in [3.63, 3.8) is 0 Å². The number of anilines is 3. The van der Waals surface area contributed by atoms with Crippen LogP contribution in [0.4, 0.5) is 21.5 Å². The van der Waals surface area contributed by atoms with Crippen molar-refractivity contribution in [1.29, 1.82) is 0 Å². The predicted octanol–water partition coefficient (Wildman–Crippen LogP) is 4.01. The first kappa shape index (κ1) is 12.4. The van der Waals surface area contributed by atoms with Gasteiger partial charge < -0.3 is 11.1 Å². The molecular formula is C16H14FN3. The summed E-state index contributed by atoms with van der Waals surface area (Å²) in [4.78, 5) is 4.28. The second-order valence-electron chi connectivity index (χ2n) is 4.64. The maximum absolute atomic E-state index is 13.6. The molecule has 3 rings (SSSR count). The van der Waals surface area contributed by atoms with E-state index in [1.165, 1.54) is 6.07 Å². The van der Waals surface area contributed by atoms with Gasteiger partial charge in [-0.05, 0) is 25.1 Å². The van der Waals surface area contributed by atoms with Crippen LogP contribution in [0.1, 0.15) is 5.56 Å². The zero-order valence-electron chi connectivity index (χ0n) is 11.0. The lowest BCUT2D eigenvalue weighted by molar-refractivity contribution is 0.619. The highest BCUT2D eigenvalue weighted by atomic mass is 19.1. The molecule has 3 nitrogen and oxygen atoms in total. The van der Waals surface area contributed by atoms with Crippen molar-refractivity contribution in [2.24, 2.45) is 0 Å². The molecule has 3 N–H and O–H groups in total. The lowest BCUT2D eigenvalue weighted by Crippen LogP contribution is -2.00. The Morgan fingerprint density at radius 3 is 2.75 bits per heavy atom. The molecule has 0 saturated carbocycles. The van der Waals surface area contributed by atoms with Crippen molar-refractivity contribution in [2.75, 3.05) is 11.1 Å². The molecular weight excluding hydrogens is 253 g/mol. The van der Waals surface area contributed by atoms with Gasteiger partial charge in [0.15, 0.2) is 0 Å². The lowest BCUT2D eigenvalue weighted by Gasteiger charge is -2.14. The van der Waals surface area contributed by atoms with E-state index in [9.17, 15) is 4.39 Å². The first-order valence-corrected chi connectivity index (χ1v) is 6.32. The molecule has 0 bridgehead atoms. The molecule has 1 heterocycles. The number of hydrogen-bond acceptors (Lipinski definition) is 3. The van der Waals surface area contributed by atoms with Crippen LogP contribution >= 0.6 is 0 Å². The third kappa shape index (κ3) is 2.05. The summed E-state index contributed by atoms with van der Waals surface area (Å²) in [5.74, 6) is -0.244. The molecule has 100 valence electrons. The van der Waals surface area contributed by atoms with Gasteiger partial charge in [0, 0.05) is 16.6 Å². The van der Waals surface area contributed by atoms with E-state index >= 15 is 0 Å². The van der Waals surface area contributed by atoms with E-state index in [0.29, 0.717) is 16.9 Å². The lowest BCUT2D eigenvalue weighted by atomic mass is 10.1. The van der Waals surface area contributed by atoms with Gasteiger partial charge >= 0.3 is 0 Å². The summed E-state index contributed by atoms with van der Waals surface area (Å²) in [6.45, 7) is 1.73. The Morgan fingerprint density at radius 1 is 1.10 bits per heavy atom. The number of fused-ring (bicyclic) bond motifs is 1. The number of para-hydroxylation sites is 1. The molecule has 4 heteroatoms. The second-order valence-corrected chi connectivity index (χ2v) is 4.64. The molecule has 1 aromatic heterocycles. The highest BCUT2D eigenvalue weighted by Crippen LogP contribution is 2.32. The Morgan fingerprint density at radius 2 is 1.90 bits per heavy atom. The van der Waals surface area contributed by atoms with Gasteiger partial charge in [-0.3, -0.25) is 4.98 Å². The Labute approximate surface area is 116 Å². The fraction of sp³-hybridized carbons (Fsp3) is 0.0625. The first-order chi connectivity index (χ1) is 9.66. The van der Waals surface area contributed by atoms with E-state index in [1.807, 2.05) is 30.3 Å². The number of nitrogens with zero attached hydrogens (tertiary/aromatic N) is 1. The molecule has 0 spiro atoms. The molecule has 0 unspecified atom stereocenters. The van der Waals surface area contributed by atoms with Crippen molar-refractivity contribution < 1.29 is 4.39 Å². The van der Waals surface area contributed by atoms with Crippen molar-refractivity contribution in [3.05, 3.63) is 60.0 Å². The topological polar surface area (TPSA) is 50.9 Å². The summed E-state index contributed by atoms with van der Waals surface area (Å²) >= 11 is 0. The van der Waals surface area contributed by atoms with Gasteiger partial charge in [0.25, 0.3) is 0 Å². The Balaban J connectivity index is 2.15. The number of nitrogen functional groups attached to an aromatic ring is 1. The summed E-state index contributed by atoms with van der Waals surface area (Å²) in [5.41, 5.74) is 9.40. The molecule has 0 aliphatic rings. The average molecular weight is 267 g/mol. The summed E-state index contributed by atoms with van der Waals surface area (Å²) in [6, 6.07) is 12.6. The van der Waals surface area contributed by atoms with Gasteiger partial charge in [0.2, 0.25) is 0 Å². The zero-order chi connectivity index (χ0) is 14.1. The molecule has 0 amide bonds. The van der Waals surface area contributed by atoms with Gasteiger partial charge in [0.05, 0.1) is 23.1 Å². The summed E-state index contributed by atoms with van der Waals surface area (Å²) in [5, 5.41) is 4.13. The van der Waals surface area contributed by atoms with Crippen LogP contribution in [0.25, 0.3) is 10.9 Å². The van der Waals surface area contributed by atoms with Crippen LogP contribution in [0.5, 0.6) is 0 Å². The molecule has 2 aromatic carbocycles. The SMILES string of the molecule is Cc1c(F)cccc1Nc1c(N)cnc2ccccc12. The number of aromatic nitrogens is 1. The van der Waals surface area contributed by atoms with Gasteiger partial charge in [-0.2, -0.15) is 0 Å². The van der Waals surface area contributed by atoms with Gasteiger partial charge in [-0.15, -0.1) is 0 Å². The van der Waals surface area contributed by atoms with E-state index in [0.717, 1.165) is 16.6 Å². The van der Waals surface area contributed by atoms with E-state index in [1.54, 1.807) is 19.2 Å². The van der Waals surface area contributed by atoms with Crippen LogP contribution in [0.3, 0.4) is 0 Å². The maximum Gasteiger partial charge on any atom is 0.128 e. The van der Waals surface area contributed by atoms with Crippen molar-refractivity contribution in [2.45, 2.75) is 6.92 Å². The molecule has 0 saturated heterocycles. The van der Waals surface area contributed by atoms with Crippen LogP contribution in [0.15, 0.2) is 48.7 Å². The Hall–Kier alpha value is -2.62. The van der Waals surface area contributed by atoms with Crippen LogP contribution in [-0.4, -0.2) is 4.98 Å². The third-order valence-electron chi connectivity index (χ3n) is 3.33. The quantitative estimate of drug-likeness (QED) is 0.737. The number of hydrogen-bond donors (Lipinski definition) is 2. The van der Waals surface area contributed by atoms with Crippen molar-refractivity contribution >= 4 is 28.0 Å². The summed E-state index contributed by atoms with van der Waals surface area (Å²) < 4.78 is 13.6. The molecule has 0 atom stereocenters. The number of nitrogens with one attached hydrogen (secondary N) is 1. The number of nitrogens with two attached hydrogens (primary N) is 1. The number of rotatable bonds is 2. The standard InChI is InChI=1S/C16H14FN3/c1-10-12(17)6-4-8-14(10)20-16-11-5-2-3-7-15(11)19-9-13(16)18/h2-9H,18H2,1H3,(H,19,20). The highest BCUT2D eigenvalue weighted by Gasteiger charge is 2.09. The summed E-state index contributed by atoms with van der Waals surface area (Å²) in [6.07, 6.45) is 1.61. The van der Waals surface area contributed by atoms with Gasteiger partial charge in [0.1, 0.15) is 5.82 Å². The van der Waals surface area contributed by atoms with E-state index in [-0.39, 0.29) is 5.82 Å². The Kier molecular flexibility index (Phi) is 2.99.